The summed E-state index contributed by atoms with van der Waals surface area (Å²) in [5, 5.41) is 4.44. The summed E-state index contributed by atoms with van der Waals surface area (Å²) in [6, 6.07) is 10.6. The summed E-state index contributed by atoms with van der Waals surface area (Å²) in [4.78, 5) is 0. The van der Waals surface area contributed by atoms with E-state index < -0.39 is 0 Å². The van der Waals surface area contributed by atoms with Crippen LogP contribution in [0.5, 0.6) is 0 Å². The molecule has 2 aromatic rings. The third kappa shape index (κ3) is 2.14. The van der Waals surface area contributed by atoms with Gasteiger partial charge in [-0.05, 0) is 25.6 Å². The van der Waals surface area contributed by atoms with Crippen molar-refractivity contribution in [2.45, 2.75) is 13.3 Å². The quantitative estimate of drug-likeness (QED) is 0.849. The van der Waals surface area contributed by atoms with E-state index in [1.807, 2.05) is 11.7 Å². The van der Waals surface area contributed by atoms with E-state index in [1.54, 1.807) is 0 Å². The molecule has 16 heavy (non-hydrogen) atoms. The first kappa shape index (κ1) is 10.9. The van der Waals surface area contributed by atoms with Crippen molar-refractivity contribution >= 4 is 0 Å². The molecular formula is C13H17N3. The Morgan fingerprint density at radius 1 is 1.31 bits per heavy atom. The summed E-state index contributed by atoms with van der Waals surface area (Å²) in [6.07, 6.45) is 0.833. The standard InChI is InChI=1S/C13H17N3/c1-10-4-3-5-11(8-10)13-9-12(6-7-14)15-16(13)2/h3-5,8-9H,6-7,14H2,1-2H3. The Hall–Kier alpha value is -1.61. The van der Waals surface area contributed by atoms with E-state index in [4.69, 9.17) is 5.73 Å². The van der Waals surface area contributed by atoms with Gasteiger partial charge in [0.25, 0.3) is 0 Å². The lowest BCUT2D eigenvalue weighted by molar-refractivity contribution is 0.745. The van der Waals surface area contributed by atoms with Gasteiger partial charge >= 0.3 is 0 Å². The second-order valence-electron chi connectivity index (χ2n) is 4.05. The second-order valence-corrected chi connectivity index (χ2v) is 4.05. The molecule has 0 unspecified atom stereocenters. The maximum absolute atomic E-state index is 5.53. The molecule has 3 heteroatoms. The van der Waals surface area contributed by atoms with Gasteiger partial charge in [-0.15, -0.1) is 0 Å². The molecule has 0 spiro atoms. The minimum Gasteiger partial charge on any atom is -0.330 e. The normalized spacial score (nSPS) is 10.7. The Kier molecular flexibility index (Phi) is 3.06. The summed E-state index contributed by atoms with van der Waals surface area (Å²) in [6.45, 7) is 2.74. The number of rotatable bonds is 3. The lowest BCUT2D eigenvalue weighted by Gasteiger charge is -2.02. The van der Waals surface area contributed by atoms with Gasteiger partial charge in [-0.2, -0.15) is 5.10 Å². The molecule has 1 aromatic carbocycles. The van der Waals surface area contributed by atoms with Gasteiger partial charge in [0.2, 0.25) is 0 Å². The average Bonchev–Trinajstić information content (AvgIpc) is 2.60. The summed E-state index contributed by atoms with van der Waals surface area (Å²) in [5.41, 5.74) is 10.2. The first-order valence-corrected chi connectivity index (χ1v) is 5.50. The highest BCUT2D eigenvalue weighted by molar-refractivity contribution is 5.60. The molecular weight excluding hydrogens is 198 g/mol. The third-order valence-electron chi connectivity index (χ3n) is 2.64. The average molecular weight is 215 g/mol. The number of benzene rings is 1. The lowest BCUT2D eigenvalue weighted by atomic mass is 10.1. The van der Waals surface area contributed by atoms with Crippen LogP contribution in [0.15, 0.2) is 30.3 Å². The molecule has 0 aliphatic heterocycles. The monoisotopic (exact) mass is 215 g/mol. The molecule has 0 radical (unpaired) electrons. The van der Waals surface area contributed by atoms with Crippen molar-refractivity contribution in [2.24, 2.45) is 12.8 Å². The second kappa shape index (κ2) is 4.49. The smallest absolute Gasteiger partial charge is 0.0681 e. The van der Waals surface area contributed by atoms with Crippen LogP contribution in [-0.2, 0) is 13.5 Å². The van der Waals surface area contributed by atoms with E-state index in [2.05, 4.69) is 42.4 Å². The van der Waals surface area contributed by atoms with Gasteiger partial charge in [-0.3, -0.25) is 4.68 Å². The molecule has 0 aliphatic rings. The predicted octanol–water partition coefficient (Wildman–Crippen LogP) is 1.90. The van der Waals surface area contributed by atoms with Crippen molar-refractivity contribution in [1.82, 2.24) is 9.78 Å². The Balaban J connectivity index is 2.40. The summed E-state index contributed by atoms with van der Waals surface area (Å²) >= 11 is 0. The number of hydrogen-bond acceptors (Lipinski definition) is 2. The van der Waals surface area contributed by atoms with E-state index in [0.29, 0.717) is 6.54 Å². The van der Waals surface area contributed by atoms with Crippen LogP contribution in [0.2, 0.25) is 0 Å². The largest absolute Gasteiger partial charge is 0.330 e. The van der Waals surface area contributed by atoms with Gasteiger partial charge in [0.1, 0.15) is 0 Å². The Morgan fingerprint density at radius 3 is 2.81 bits per heavy atom. The van der Waals surface area contributed by atoms with Crippen LogP contribution in [0.3, 0.4) is 0 Å². The van der Waals surface area contributed by atoms with E-state index >= 15 is 0 Å². The minimum absolute atomic E-state index is 0.643. The maximum Gasteiger partial charge on any atom is 0.0681 e. The highest BCUT2D eigenvalue weighted by Crippen LogP contribution is 2.20. The molecule has 0 bridgehead atoms. The summed E-state index contributed by atoms with van der Waals surface area (Å²) in [5.74, 6) is 0. The van der Waals surface area contributed by atoms with Gasteiger partial charge in [-0.25, -0.2) is 0 Å². The van der Waals surface area contributed by atoms with Crippen LogP contribution in [0.1, 0.15) is 11.3 Å². The predicted molar refractivity (Wildman–Crippen MR) is 66.1 cm³/mol. The van der Waals surface area contributed by atoms with Crippen molar-refractivity contribution in [1.29, 1.82) is 0 Å². The van der Waals surface area contributed by atoms with Crippen LogP contribution in [0.25, 0.3) is 11.3 Å². The van der Waals surface area contributed by atoms with Crippen LogP contribution in [-0.4, -0.2) is 16.3 Å². The molecule has 1 aromatic heterocycles. The highest BCUT2D eigenvalue weighted by Gasteiger charge is 2.06. The van der Waals surface area contributed by atoms with Crippen molar-refractivity contribution < 1.29 is 0 Å². The van der Waals surface area contributed by atoms with E-state index in [-0.39, 0.29) is 0 Å². The van der Waals surface area contributed by atoms with Gasteiger partial charge < -0.3 is 5.73 Å². The molecule has 0 aliphatic carbocycles. The Labute approximate surface area is 95.9 Å². The zero-order chi connectivity index (χ0) is 11.5. The molecule has 3 nitrogen and oxygen atoms in total. The highest BCUT2D eigenvalue weighted by atomic mass is 15.3. The molecule has 0 atom stereocenters. The van der Waals surface area contributed by atoms with Gasteiger partial charge in [0, 0.05) is 19.0 Å². The molecule has 0 saturated heterocycles. The topological polar surface area (TPSA) is 43.8 Å². The summed E-state index contributed by atoms with van der Waals surface area (Å²) in [7, 11) is 1.97. The maximum atomic E-state index is 5.53. The number of nitrogens with zero attached hydrogens (tertiary/aromatic N) is 2. The number of hydrogen-bond donors (Lipinski definition) is 1. The first-order valence-electron chi connectivity index (χ1n) is 5.50. The van der Waals surface area contributed by atoms with E-state index in [9.17, 15) is 0 Å². The van der Waals surface area contributed by atoms with Crippen LogP contribution < -0.4 is 5.73 Å². The molecule has 1 heterocycles. The first-order chi connectivity index (χ1) is 7.70. The van der Waals surface area contributed by atoms with Gasteiger partial charge in [-0.1, -0.05) is 23.8 Å². The van der Waals surface area contributed by atoms with Crippen molar-refractivity contribution in [3.05, 3.63) is 41.6 Å². The van der Waals surface area contributed by atoms with Crippen molar-refractivity contribution in [3.63, 3.8) is 0 Å². The lowest BCUT2D eigenvalue weighted by Crippen LogP contribution is -2.03. The number of aryl methyl sites for hydroxylation is 2. The number of aromatic nitrogens is 2. The molecule has 0 amide bonds. The third-order valence-corrected chi connectivity index (χ3v) is 2.64. The SMILES string of the molecule is Cc1cccc(-c2cc(CCN)nn2C)c1. The number of nitrogens with two attached hydrogens (primary N) is 1. The fraction of sp³-hybridized carbons (Fsp3) is 0.308. The molecule has 0 saturated carbocycles. The van der Waals surface area contributed by atoms with E-state index in [1.165, 1.54) is 11.1 Å². The minimum atomic E-state index is 0.643. The van der Waals surface area contributed by atoms with Gasteiger partial charge in [0.05, 0.1) is 11.4 Å². The van der Waals surface area contributed by atoms with Crippen molar-refractivity contribution in [2.75, 3.05) is 6.54 Å². The molecule has 0 fully saturated rings. The summed E-state index contributed by atoms with van der Waals surface area (Å²) < 4.78 is 1.92. The van der Waals surface area contributed by atoms with Crippen LogP contribution in [0, 0.1) is 6.92 Å². The van der Waals surface area contributed by atoms with Crippen LogP contribution >= 0.6 is 0 Å². The Bertz CT molecular complexity index is 486. The molecule has 2 N–H and O–H groups in total. The molecule has 2 rings (SSSR count). The Morgan fingerprint density at radius 2 is 2.12 bits per heavy atom. The zero-order valence-corrected chi connectivity index (χ0v) is 9.77. The van der Waals surface area contributed by atoms with Crippen LogP contribution in [0.4, 0.5) is 0 Å². The molecule has 84 valence electrons. The zero-order valence-electron chi connectivity index (χ0n) is 9.77. The van der Waals surface area contributed by atoms with E-state index in [0.717, 1.165) is 17.8 Å². The fourth-order valence-electron chi connectivity index (χ4n) is 1.87. The van der Waals surface area contributed by atoms with Gasteiger partial charge in [0.15, 0.2) is 0 Å². The fourth-order valence-corrected chi connectivity index (χ4v) is 1.87. The van der Waals surface area contributed by atoms with Crippen molar-refractivity contribution in [3.8, 4) is 11.3 Å².